The summed E-state index contributed by atoms with van der Waals surface area (Å²) in [7, 11) is 2.09. The summed E-state index contributed by atoms with van der Waals surface area (Å²) in [6.07, 6.45) is 3.45. The number of rotatable bonds is 7. The minimum atomic E-state index is -0.383. The van der Waals surface area contributed by atoms with Crippen LogP contribution in [0.3, 0.4) is 0 Å². The van der Waals surface area contributed by atoms with Crippen LogP contribution >= 0.6 is 0 Å². The maximum absolute atomic E-state index is 12.1. The molecule has 0 saturated heterocycles. The highest BCUT2D eigenvalue weighted by Crippen LogP contribution is 2.24. The second-order valence-electron chi connectivity index (χ2n) is 6.71. The van der Waals surface area contributed by atoms with Gasteiger partial charge < -0.3 is 10.6 Å². The van der Waals surface area contributed by atoms with E-state index in [1.807, 2.05) is 30.3 Å². The van der Waals surface area contributed by atoms with Gasteiger partial charge in [-0.25, -0.2) is 0 Å². The summed E-state index contributed by atoms with van der Waals surface area (Å²) < 4.78 is 0. The molecule has 0 aliphatic heterocycles. The van der Waals surface area contributed by atoms with Crippen molar-refractivity contribution in [2.45, 2.75) is 25.7 Å². The minimum Gasteiger partial charge on any atom is -0.375 e. The van der Waals surface area contributed by atoms with Gasteiger partial charge in [-0.3, -0.25) is 9.78 Å². The molecule has 1 heterocycles. The Kier molecular flexibility index (Phi) is 5.52. The van der Waals surface area contributed by atoms with E-state index in [1.54, 1.807) is 6.20 Å². The quantitative estimate of drug-likeness (QED) is 0.705. The molecule has 0 spiro atoms. The smallest absolute Gasteiger partial charge is 0.225 e. The molecule has 0 saturated carbocycles. The van der Waals surface area contributed by atoms with Crippen LogP contribution in [-0.2, 0) is 11.2 Å². The van der Waals surface area contributed by atoms with Crippen LogP contribution in [-0.4, -0.2) is 24.5 Å². The van der Waals surface area contributed by atoms with E-state index in [0.717, 1.165) is 35.0 Å². The first-order valence-electron chi connectivity index (χ1n) is 9.02. The van der Waals surface area contributed by atoms with Crippen LogP contribution in [0.1, 0.15) is 30.4 Å². The van der Waals surface area contributed by atoms with E-state index in [4.69, 9.17) is 5.73 Å². The fraction of sp³-hybridized carbons (Fsp3) is 0.273. The highest BCUT2D eigenvalue weighted by atomic mass is 16.1. The van der Waals surface area contributed by atoms with Crippen LogP contribution in [0.4, 0.5) is 5.69 Å². The fourth-order valence-electron chi connectivity index (χ4n) is 3.25. The summed E-state index contributed by atoms with van der Waals surface area (Å²) in [5.41, 5.74) is 9.76. The standard InChI is InChI=1S/C22H25N3O/c1-3-12-25(2)19-10-8-16(9-11-19)13-20(22(23)26)18-14-17-6-4-5-7-21(17)24-15-18/h4-11,14-15,20H,3,12-13H2,1-2H3,(H2,23,26). The number of primary amides is 1. The molecule has 0 bridgehead atoms. The predicted molar refractivity (Wildman–Crippen MR) is 107 cm³/mol. The number of carbonyl (C=O) groups excluding carboxylic acids is 1. The molecule has 1 atom stereocenters. The van der Waals surface area contributed by atoms with Gasteiger partial charge in [-0.1, -0.05) is 37.3 Å². The van der Waals surface area contributed by atoms with Crippen LogP contribution in [0, 0.1) is 0 Å². The van der Waals surface area contributed by atoms with Crippen molar-refractivity contribution in [2.75, 3.05) is 18.5 Å². The van der Waals surface area contributed by atoms with Gasteiger partial charge in [-0.05, 0) is 48.2 Å². The number of nitrogens with two attached hydrogens (primary N) is 1. The van der Waals surface area contributed by atoms with Crippen LogP contribution in [0.2, 0.25) is 0 Å². The molecule has 4 heteroatoms. The molecular formula is C22H25N3O. The van der Waals surface area contributed by atoms with Gasteiger partial charge in [-0.15, -0.1) is 0 Å². The third kappa shape index (κ3) is 4.02. The first-order valence-corrected chi connectivity index (χ1v) is 9.02. The lowest BCUT2D eigenvalue weighted by Gasteiger charge is -2.19. The molecule has 3 rings (SSSR count). The molecule has 1 unspecified atom stereocenters. The van der Waals surface area contributed by atoms with Gasteiger partial charge in [0.15, 0.2) is 0 Å². The zero-order chi connectivity index (χ0) is 18.5. The average Bonchev–Trinajstić information content (AvgIpc) is 2.66. The Balaban J connectivity index is 1.83. The topological polar surface area (TPSA) is 59.2 Å². The third-order valence-electron chi connectivity index (χ3n) is 4.73. The van der Waals surface area contributed by atoms with E-state index in [0.29, 0.717) is 6.42 Å². The van der Waals surface area contributed by atoms with Crippen molar-refractivity contribution < 1.29 is 4.79 Å². The Morgan fingerprint density at radius 3 is 2.58 bits per heavy atom. The van der Waals surface area contributed by atoms with Crippen molar-refractivity contribution in [3.05, 3.63) is 71.9 Å². The van der Waals surface area contributed by atoms with Crippen molar-refractivity contribution >= 4 is 22.5 Å². The van der Waals surface area contributed by atoms with Gasteiger partial charge in [0.2, 0.25) is 5.91 Å². The Bertz CT molecular complexity index is 889. The lowest BCUT2D eigenvalue weighted by atomic mass is 9.91. The highest BCUT2D eigenvalue weighted by Gasteiger charge is 2.19. The number of aromatic nitrogens is 1. The molecule has 0 fully saturated rings. The summed E-state index contributed by atoms with van der Waals surface area (Å²) in [5.74, 6) is -0.708. The lowest BCUT2D eigenvalue weighted by molar-refractivity contribution is -0.119. The fourth-order valence-corrected chi connectivity index (χ4v) is 3.25. The molecule has 0 aliphatic rings. The van der Waals surface area contributed by atoms with E-state index < -0.39 is 0 Å². The van der Waals surface area contributed by atoms with Crippen LogP contribution < -0.4 is 10.6 Å². The molecule has 1 amide bonds. The maximum atomic E-state index is 12.1. The van der Waals surface area contributed by atoms with Gasteiger partial charge >= 0.3 is 0 Å². The summed E-state index contributed by atoms with van der Waals surface area (Å²) in [6, 6.07) is 18.3. The van der Waals surface area contributed by atoms with Crippen LogP contribution in [0.15, 0.2) is 60.8 Å². The van der Waals surface area contributed by atoms with Gasteiger partial charge in [-0.2, -0.15) is 0 Å². The van der Waals surface area contributed by atoms with E-state index in [-0.39, 0.29) is 11.8 Å². The van der Waals surface area contributed by atoms with Crippen molar-refractivity contribution in [1.82, 2.24) is 4.98 Å². The lowest BCUT2D eigenvalue weighted by Crippen LogP contribution is -2.23. The van der Waals surface area contributed by atoms with Gasteiger partial charge in [0.25, 0.3) is 0 Å². The number of para-hydroxylation sites is 1. The van der Waals surface area contributed by atoms with E-state index in [9.17, 15) is 4.79 Å². The molecule has 134 valence electrons. The molecule has 1 aromatic heterocycles. The summed E-state index contributed by atoms with van der Waals surface area (Å²) in [6.45, 7) is 3.19. The number of nitrogens with zero attached hydrogens (tertiary/aromatic N) is 2. The van der Waals surface area contributed by atoms with E-state index in [1.165, 1.54) is 5.69 Å². The van der Waals surface area contributed by atoms with E-state index >= 15 is 0 Å². The zero-order valence-electron chi connectivity index (χ0n) is 15.4. The Morgan fingerprint density at radius 1 is 1.15 bits per heavy atom. The molecule has 3 aromatic rings. The Labute approximate surface area is 154 Å². The predicted octanol–water partition coefficient (Wildman–Crippen LogP) is 3.89. The Morgan fingerprint density at radius 2 is 1.88 bits per heavy atom. The number of amides is 1. The van der Waals surface area contributed by atoms with Gasteiger partial charge in [0, 0.05) is 30.9 Å². The Hall–Kier alpha value is -2.88. The molecule has 26 heavy (non-hydrogen) atoms. The second kappa shape index (κ2) is 8.00. The SMILES string of the molecule is CCCN(C)c1ccc(CC(C(N)=O)c2cnc3ccccc3c2)cc1. The number of fused-ring (bicyclic) bond motifs is 1. The number of hydrogen-bond donors (Lipinski definition) is 1. The van der Waals surface area contributed by atoms with Crippen molar-refractivity contribution in [2.24, 2.45) is 5.73 Å². The normalized spacial score (nSPS) is 12.1. The van der Waals surface area contributed by atoms with Crippen molar-refractivity contribution in [1.29, 1.82) is 0 Å². The first kappa shape index (κ1) is 17.9. The molecule has 2 N–H and O–H groups in total. The molecule has 4 nitrogen and oxygen atoms in total. The maximum Gasteiger partial charge on any atom is 0.225 e. The summed E-state index contributed by atoms with van der Waals surface area (Å²) in [4.78, 5) is 18.8. The molecule has 0 radical (unpaired) electrons. The largest absolute Gasteiger partial charge is 0.375 e. The third-order valence-corrected chi connectivity index (χ3v) is 4.73. The highest BCUT2D eigenvalue weighted by molar-refractivity contribution is 5.85. The monoisotopic (exact) mass is 347 g/mol. The summed E-state index contributed by atoms with van der Waals surface area (Å²) >= 11 is 0. The van der Waals surface area contributed by atoms with Gasteiger partial charge in [0.05, 0.1) is 11.4 Å². The number of benzene rings is 2. The summed E-state index contributed by atoms with van der Waals surface area (Å²) in [5, 5.41) is 1.02. The number of anilines is 1. The van der Waals surface area contributed by atoms with Gasteiger partial charge in [0.1, 0.15) is 0 Å². The second-order valence-corrected chi connectivity index (χ2v) is 6.71. The van der Waals surface area contributed by atoms with Crippen LogP contribution in [0.25, 0.3) is 10.9 Å². The van der Waals surface area contributed by atoms with Crippen molar-refractivity contribution in [3.8, 4) is 0 Å². The number of hydrogen-bond acceptors (Lipinski definition) is 3. The zero-order valence-corrected chi connectivity index (χ0v) is 15.4. The van der Waals surface area contributed by atoms with Crippen LogP contribution in [0.5, 0.6) is 0 Å². The minimum absolute atomic E-state index is 0.325. The van der Waals surface area contributed by atoms with E-state index in [2.05, 4.69) is 48.1 Å². The number of carbonyl (C=O) groups is 1. The average molecular weight is 347 g/mol. The molecule has 2 aromatic carbocycles. The van der Waals surface area contributed by atoms with Crippen molar-refractivity contribution in [3.63, 3.8) is 0 Å². The molecule has 0 aliphatic carbocycles. The first-order chi connectivity index (χ1) is 12.6. The number of pyridine rings is 1. The molecular weight excluding hydrogens is 322 g/mol.